The van der Waals surface area contributed by atoms with Crippen LogP contribution in [0.25, 0.3) is 5.69 Å². The van der Waals surface area contributed by atoms with Gasteiger partial charge in [0.1, 0.15) is 5.75 Å². The largest absolute Gasteiger partial charge is 0.494 e. The van der Waals surface area contributed by atoms with E-state index in [1.165, 1.54) is 11.8 Å². The number of rotatable bonds is 16. The molecule has 0 unspecified atom stereocenters. The van der Waals surface area contributed by atoms with Crippen molar-refractivity contribution in [3.8, 4) is 28.7 Å². The number of carbonyl (C=O) groups is 2. The maximum absolute atomic E-state index is 13.3. The fourth-order valence-electron chi connectivity index (χ4n) is 4.29. The predicted molar refractivity (Wildman–Crippen MR) is 174 cm³/mol. The second-order valence-corrected chi connectivity index (χ2v) is 10.7. The van der Waals surface area contributed by atoms with E-state index in [2.05, 4.69) is 20.8 Å². The van der Waals surface area contributed by atoms with Crippen molar-refractivity contribution in [3.63, 3.8) is 0 Å². The number of amides is 2. The van der Waals surface area contributed by atoms with Crippen LogP contribution in [0.1, 0.15) is 43.9 Å². The van der Waals surface area contributed by atoms with Gasteiger partial charge < -0.3 is 29.6 Å². The number of halogens is 1. The van der Waals surface area contributed by atoms with Crippen molar-refractivity contribution in [2.24, 2.45) is 0 Å². The van der Waals surface area contributed by atoms with E-state index in [0.29, 0.717) is 76.6 Å². The lowest BCUT2D eigenvalue weighted by Gasteiger charge is -2.17. The molecule has 1 heterocycles. The molecule has 3 aromatic carbocycles. The molecular formula is C32H36ClN5O6S. The van der Waals surface area contributed by atoms with Crippen LogP contribution >= 0.6 is 23.4 Å². The first kappa shape index (κ1) is 33.5. The minimum Gasteiger partial charge on any atom is -0.494 e. The molecule has 1 aromatic heterocycles. The summed E-state index contributed by atoms with van der Waals surface area (Å²) in [5.41, 5.74) is 1.67. The summed E-state index contributed by atoms with van der Waals surface area (Å²) in [4.78, 5) is 26.1. The van der Waals surface area contributed by atoms with Gasteiger partial charge in [-0.1, -0.05) is 29.4 Å². The number of benzene rings is 3. The van der Waals surface area contributed by atoms with Gasteiger partial charge in [0, 0.05) is 16.3 Å². The molecule has 0 aliphatic rings. The standard InChI is InChI=1S/C32H36ClN5O6S/c1-5-41-25-14-12-23(13-15-25)35-29(39)20-45-32-37-36-28(38(32)24-11-9-10-22(33)18-24)19-34-31(40)21-16-26(42-6-2)30(44-8-4)27(17-21)43-7-3/h9-18H,5-8,19-20H2,1-4H3,(H,34,40)(H,35,39). The molecule has 4 rings (SSSR count). The van der Waals surface area contributed by atoms with Crippen LogP contribution in [0.15, 0.2) is 65.8 Å². The molecule has 13 heteroatoms. The van der Waals surface area contributed by atoms with Gasteiger partial charge in [-0.25, -0.2) is 0 Å². The Morgan fingerprint density at radius 1 is 0.844 bits per heavy atom. The SMILES string of the molecule is CCOc1ccc(NC(=O)CSc2nnc(CNC(=O)c3cc(OCC)c(OCC)c(OCC)c3)n2-c2cccc(Cl)c2)cc1. The first-order valence-electron chi connectivity index (χ1n) is 14.6. The number of ether oxygens (including phenoxy) is 4. The molecule has 2 amide bonds. The molecule has 238 valence electrons. The van der Waals surface area contributed by atoms with Crippen LogP contribution in [0.2, 0.25) is 5.02 Å². The molecule has 4 aromatic rings. The third-order valence-corrected chi connectivity index (χ3v) is 7.29. The Morgan fingerprint density at radius 2 is 1.51 bits per heavy atom. The van der Waals surface area contributed by atoms with Crippen molar-refractivity contribution in [2.75, 3.05) is 37.5 Å². The maximum Gasteiger partial charge on any atom is 0.251 e. The molecule has 0 atom stereocenters. The van der Waals surface area contributed by atoms with Gasteiger partial charge in [0.15, 0.2) is 22.5 Å². The maximum atomic E-state index is 13.3. The molecular weight excluding hydrogens is 618 g/mol. The molecule has 0 radical (unpaired) electrons. The zero-order chi connectivity index (χ0) is 32.2. The second-order valence-electron chi connectivity index (χ2n) is 9.29. The van der Waals surface area contributed by atoms with E-state index in [0.717, 1.165) is 5.75 Å². The second kappa shape index (κ2) is 16.6. The quantitative estimate of drug-likeness (QED) is 0.136. The summed E-state index contributed by atoms with van der Waals surface area (Å²) in [6.45, 7) is 9.27. The zero-order valence-corrected chi connectivity index (χ0v) is 27.2. The summed E-state index contributed by atoms with van der Waals surface area (Å²) in [6.07, 6.45) is 0. The van der Waals surface area contributed by atoms with Crippen molar-refractivity contribution in [1.29, 1.82) is 0 Å². The van der Waals surface area contributed by atoms with Crippen molar-refractivity contribution in [2.45, 2.75) is 39.4 Å². The van der Waals surface area contributed by atoms with E-state index in [-0.39, 0.29) is 24.1 Å². The highest BCUT2D eigenvalue weighted by Crippen LogP contribution is 2.39. The third-order valence-electron chi connectivity index (χ3n) is 6.13. The number of anilines is 1. The Balaban J connectivity index is 1.52. The Bertz CT molecular complexity index is 1570. The molecule has 0 spiro atoms. The molecule has 0 aliphatic carbocycles. The Hall–Kier alpha value is -4.42. The third kappa shape index (κ3) is 9.05. The summed E-state index contributed by atoms with van der Waals surface area (Å²) >= 11 is 7.51. The van der Waals surface area contributed by atoms with Crippen molar-refractivity contribution >= 4 is 40.9 Å². The number of nitrogens with one attached hydrogen (secondary N) is 2. The lowest BCUT2D eigenvalue weighted by Crippen LogP contribution is -2.25. The van der Waals surface area contributed by atoms with Crippen LogP contribution < -0.4 is 29.6 Å². The number of hydrogen-bond donors (Lipinski definition) is 2. The van der Waals surface area contributed by atoms with E-state index in [9.17, 15) is 9.59 Å². The predicted octanol–water partition coefficient (Wildman–Crippen LogP) is 6.18. The normalized spacial score (nSPS) is 10.7. The highest BCUT2D eigenvalue weighted by atomic mass is 35.5. The van der Waals surface area contributed by atoms with Gasteiger partial charge in [-0.05, 0) is 82.3 Å². The summed E-state index contributed by atoms with van der Waals surface area (Å²) < 4.78 is 24.5. The number of hydrogen-bond acceptors (Lipinski definition) is 9. The van der Waals surface area contributed by atoms with Gasteiger partial charge in [0.2, 0.25) is 11.7 Å². The van der Waals surface area contributed by atoms with Crippen LogP contribution in [0.3, 0.4) is 0 Å². The zero-order valence-electron chi connectivity index (χ0n) is 25.6. The molecule has 0 fully saturated rings. The molecule has 0 saturated heterocycles. The van der Waals surface area contributed by atoms with Crippen molar-refractivity contribution < 1.29 is 28.5 Å². The highest BCUT2D eigenvalue weighted by molar-refractivity contribution is 7.99. The fourth-order valence-corrected chi connectivity index (χ4v) is 5.25. The monoisotopic (exact) mass is 653 g/mol. The molecule has 0 aliphatic heterocycles. The lowest BCUT2D eigenvalue weighted by molar-refractivity contribution is -0.113. The van der Waals surface area contributed by atoms with Crippen LogP contribution in [0, 0.1) is 0 Å². The Morgan fingerprint density at radius 3 is 2.13 bits per heavy atom. The summed E-state index contributed by atoms with van der Waals surface area (Å²) in [5, 5.41) is 15.4. The number of thioether (sulfide) groups is 1. The van der Waals surface area contributed by atoms with Gasteiger partial charge >= 0.3 is 0 Å². The van der Waals surface area contributed by atoms with E-state index >= 15 is 0 Å². The minimum atomic E-state index is -0.371. The molecule has 2 N–H and O–H groups in total. The number of aromatic nitrogens is 3. The minimum absolute atomic E-state index is 0.0401. The Kier molecular flexibility index (Phi) is 12.3. The van der Waals surface area contributed by atoms with Gasteiger partial charge in [0.05, 0.1) is 44.4 Å². The van der Waals surface area contributed by atoms with Crippen LogP contribution in [0.5, 0.6) is 23.0 Å². The molecule has 0 bridgehead atoms. The highest BCUT2D eigenvalue weighted by Gasteiger charge is 2.21. The first-order chi connectivity index (χ1) is 21.9. The molecule has 45 heavy (non-hydrogen) atoms. The number of carbonyl (C=O) groups excluding carboxylic acids is 2. The first-order valence-corrected chi connectivity index (χ1v) is 15.9. The van der Waals surface area contributed by atoms with E-state index < -0.39 is 0 Å². The van der Waals surface area contributed by atoms with Gasteiger partial charge in [-0.15, -0.1) is 10.2 Å². The summed E-state index contributed by atoms with van der Waals surface area (Å²) in [5.74, 6) is 1.94. The topological polar surface area (TPSA) is 126 Å². The van der Waals surface area contributed by atoms with Gasteiger partial charge in [-0.3, -0.25) is 14.2 Å². The fraction of sp³-hybridized carbons (Fsp3) is 0.312. The Labute approximate surface area is 271 Å². The average molecular weight is 654 g/mol. The van der Waals surface area contributed by atoms with Crippen LogP contribution in [-0.2, 0) is 11.3 Å². The van der Waals surface area contributed by atoms with E-state index in [4.69, 9.17) is 30.5 Å². The van der Waals surface area contributed by atoms with E-state index in [1.807, 2.05) is 33.8 Å². The number of nitrogens with zero attached hydrogens (tertiary/aromatic N) is 3. The summed E-state index contributed by atoms with van der Waals surface area (Å²) in [6, 6.07) is 17.6. The van der Waals surface area contributed by atoms with Gasteiger partial charge in [-0.2, -0.15) is 0 Å². The van der Waals surface area contributed by atoms with Crippen molar-refractivity contribution in [3.05, 3.63) is 77.1 Å². The van der Waals surface area contributed by atoms with Crippen LogP contribution in [-0.4, -0.2) is 58.8 Å². The lowest BCUT2D eigenvalue weighted by atomic mass is 10.1. The van der Waals surface area contributed by atoms with Crippen molar-refractivity contribution in [1.82, 2.24) is 20.1 Å². The smallest absolute Gasteiger partial charge is 0.251 e. The average Bonchev–Trinajstić information content (AvgIpc) is 3.44. The van der Waals surface area contributed by atoms with Crippen LogP contribution in [0.4, 0.5) is 5.69 Å². The molecule has 11 nitrogen and oxygen atoms in total. The van der Waals surface area contributed by atoms with Gasteiger partial charge in [0.25, 0.3) is 5.91 Å². The summed E-state index contributed by atoms with van der Waals surface area (Å²) in [7, 11) is 0. The van der Waals surface area contributed by atoms with E-state index in [1.54, 1.807) is 59.2 Å². The molecule has 0 saturated carbocycles.